The van der Waals surface area contributed by atoms with Crippen molar-refractivity contribution in [2.75, 3.05) is 25.7 Å². The molecule has 0 aliphatic carbocycles. The molecule has 1 N–H and O–H groups in total. The topological polar surface area (TPSA) is 32.3 Å². The van der Waals surface area contributed by atoms with Gasteiger partial charge in [0.1, 0.15) is 13.5 Å². The summed E-state index contributed by atoms with van der Waals surface area (Å²) in [5.41, 5.74) is 1.88. The molecule has 0 bridgehead atoms. The Balaban J connectivity index is 3.06. The number of benzene rings is 1. The van der Waals surface area contributed by atoms with Crippen LogP contribution in [0.25, 0.3) is 0 Å². The predicted octanol–water partition coefficient (Wildman–Crippen LogP) is 4.57. The quantitative estimate of drug-likeness (QED) is 0.780. The number of rotatable bonds is 6. The van der Waals surface area contributed by atoms with Crippen LogP contribution in [0.2, 0.25) is 0 Å². The molecule has 1 amide bonds. The van der Waals surface area contributed by atoms with Crippen molar-refractivity contribution in [2.45, 2.75) is 39.0 Å². The number of carbonyl (C=O) groups excluding carboxylic acids is 1. The average molecular weight is 295 g/mol. The Bertz CT molecular complexity index is 421. The highest BCUT2D eigenvalue weighted by Gasteiger charge is 2.52. The van der Waals surface area contributed by atoms with Gasteiger partial charge in [-0.3, -0.25) is 10.2 Å². The highest BCUT2D eigenvalue weighted by molar-refractivity contribution is 7.92. The van der Waals surface area contributed by atoms with Crippen molar-refractivity contribution < 1.29 is 4.79 Å². The molecule has 0 saturated carbocycles. The van der Waals surface area contributed by atoms with Crippen LogP contribution in [0.4, 0.5) is 10.5 Å². The van der Waals surface area contributed by atoms with Crippen molar-refractivity contribution in [1.29, 1.82) is 0 Å². The maximum absolute atomic E-state index is 13.0. The summed E-state index contributed by atoms with van der Waals surface area (Å²) in [5, 5.41) is 3.13. The lowest BCUT2D eigenvalue weighted by Crippen LogP contribution is -2.34. The molecule has 0 unspecified atom stereocenters. The second-order valence-electron chi connectivity index (χ2n) is 6.14. The zero-order valence-electron chi connectivity index (χ0n) is 13.6. The van der Waals surface area contributed by atoms with Crippen LogP contribution < -0.4 is 5.32 Å². The van der Waals surface area contributed by atoms with E-state index < -0.39 is 7.26 Å². The van der Waals surface area contributed by atoms with Gasteiger partial charge < -0.3 is 0 Å². The van der Waals surface area contributed by atoms with Crippen LogP contribution in [0.3, 0.4) is 0 Å². The molecule has 0 saturated heterocycles. The lowest BCUT2D eigenvalue weighted by Gasteiger charge is -2.34. The van der Waals surface area contributed by atoms with Gasteiger partial charge in [-0.25, -0.2) is 4.79 Å². The first-order valence-electron chi connectivity index (χ1n) is 7.19. The highest BCUT2D eigenvalue weighted by atomic mass is 31.2. The Morgan fingerprint density at radius 2 is 1.60 bits per heavy atom. The molecule has 20 heavy (non-hydrogen) atoms. The normalized spacial score (nSPS) is 12.2. The van der Waals surface area contributed by atoms with E-state index in [4.69, 9.17) is 0 Å². The van der Waals surface area contributed by atoms with Crippen molar-refractivity contribution in [1.82, 2.24) is 4.90 Å². The Hall–Kier alpha value is -0.920. The number of carbonyl (C=O) groups is 1. The van der Waals surface area contributed by atoms with E-state index in [0.29, 0.717) is 11.3 Å². The fourth-order valence-corrected chi connectivity index (χ4v) is 6.86. The first kappa shape index (κ1) is 17.1. The van der Waals surface area contributed by atoms with Gasteiger partial charge in [0.2, 0.25) is 0 Å². The van der Waals surface area contributed by atoms with E-state index in [2.05, 4.69) is 52.0 Å². The fraction of sp³-hybridized carbons (Fsp3) is 0.562. The van der Waals surface area contributed by atoms with E-state index in [-0.39, 0.29) is 5.65 Å². The lowest BCUT2D eigenvalue weighted by atomic mass is 10.3. The van der Waals surface area contributed by atoms with Crippen LogP contribution in [0.15, 0.2) is 30.3 Å². The molecule has 4 heteroatoms. The van der Waals surface area contributed by atoms with E-state index in [1.54, 1.807) is 0 Å². The molecule has 3 nitrogen and oxygen atoms in total. The summed E-state index contributed by atoms with van der Waals surface area (Å²) in [4.78, 5) is 15.1. The molecule has 1 aromatic carbocycles. The molecule has 0 fully saturated rings. The minimum atomic E-state index is -1.78. The minimum absolute atomic E-state index is 0.224. The molecule has 0 atom stereocenters. The zero-order chi connectivity index (χ0) is 15.3. The van der Waals surface area contributed by atoms with Gasteiger partial charge in [0.05, 0.1) is 11.3 Å². The van der Waals surface area contributed by atoms with Crippen LogP contribution in [-0.4, -0.2) is 42.2 Å². The van der Waals surface area contributed by atoms with Crippen molar-refractivity contribution >= 4 is 18.6 Å². The molecule has 1 rings (SSSR count). The van der Waals surface area contributed by atoms with Crippen molar-refractivity contribution in [3.8, 4) is 0 Å². The molecule has 112 valence electrons. The summed E-state index contributed by atoms with van der Waals surface area (Å²) in [6.07, 6.45) is 0.862. The third kappa shape index (κ3) is 3.80. The van der Waals surface area contributed by atoms with E-state index in [1.165, 1.54) is 0 Å². The summed E-state index contributed by atoms with van der Waals surface area (Å²) >= 11 is 0. The first-order chi connectivity index (χ1) is 9.30. The largest absolute Gasteiger partial charge is 0.365 e. The van der Waals surface area contributed by atoms with Gasteiger partial charge in [0.25, 0.3) is 0 Å². The number of anilines is 1. The number of amides is 1. The molecular weight excluding hydrogens is 267 g/mol. The lowest BCUT2D eigenvalue weighted by molar-refractivity contribution is 0.267. The maximum Gasteiger partial charge on any atom is 0.365 e. The molecule has 0 aromatic heterocycles. The summed E-state index contributed by atoms with van der Waals surface area (Å²) in [7, 11) is 2.33. The van der Waals surface area contributed by atoms with Gasteiger partial charge in [-0.05, 0) is 53.9 Å². The van der Waals surface area contributed by atoms with E-state index in [9.17, 15) is 4.79 Å². The molecule has 0 heterocycles. The SMILES string of the molecule is CC(C)[P+](CN(C)C)(C(=O)Nc1ccccc1)C(C)C. The highest BCUT2D eigenvalue weighted by Crippen LogP contribution is 2.67. The summed E-state index contributed by atoms with van der Waals surface area (Å²) < 4.78 is 0. The van der Waals surface area contributed by atoms with Crippen LogP contribution in [0.5, 0.6) is 0 Å². The number of nitrogens with one attached hydrogen (secondary N) is 1. The summed E-state index contributed by atoms with van der Waals surface area (Å²) in [6.45, 7) is 8.73. The van der Waals surface area contributed by atoms with Crippen LogP contribution in [0, 0.1) is 0 Å². The molecule has 0 aliphatic heterocycles. The van der Waals surface area contributed by atoms with Crippen LogP contribution in [0.1, 0.15) is 27.7 Å². The third-order valence-electron chi connectivity index (χ3n) is 3.76. The number of nitrogens with zero attached hydrogens (tertiary/aromatic N) is 1. The Labute approximate surface area is 124 Å². The van der Waals surface area contributed by atoms with Gasteiger partial charge in [0, 0.05) is 5.69 Å². The van der Waals surface area contributed by atoms with Gasteiger partial charge in [-0.15, -0.1) is 0 Å². The monoisotopic (exact) mass is 295 g/mol. The minimum Gasteiger partial charge on any atom is -0.293 e. The summed E-state index contributed by atoms with van der Waals surface area (Å²) in [5.74, 6) is 0. The Morgan fingerprint density at radius 1 is 1.10 bits per heavy atom. The smallest absolute Gasteiger partial charge is 0.293 e. The maximum atomic E-state index is 13.0. The third-order valence-corrected chi connectivity index (χ3v) is 9.35. The van der Waals surface area contributed by atoms with Crippen LogP contribution in [-0.2, 0) is 0 Å². The Kier molecular flexibility index (Phi) is 6.16. The molecular formula is C16H28N2OP+. The standard InChI is InChI=1S/C16H27N2OP/c1-13(2)20(14(3)4,12-18(5)6)16(19)17-15-10-8-7-9-11-15/h7-11,13-14H,12H2,1-6H3/p+1. The molecule has 0 aliphatic rings. The summed E-state index contributed by atoms with van der Waals surface area (Å²) in [6, 6.07) is 9.76. The fourth-order valence-electron chi connectivity index (χ4n) is 2.67. The van der Waals surface area contributed by atoms with Crippen molar-refractivity contribution in [2.24, 2.45) is 0 Å². The second kappa shape index (κ2) is 7.19. The zero-order valence-corrected chi connectivity index (χ0v) is 14.4. The van der Waals surface area contributed by atoms with Crippen molar-refractivity contribution in [3.63, 3.8) is 0 Å². The van der Waals surface area contributed by atoms with Crippen molar-refractivity contribution in [3.05, 3.63) is 30.3 Å². The van der Waals surface area contributed by atoms with E-state index in [0.717, 1.165) is 12.0 Å². The first-order valence-corrected chi connectivity index (χ1v) is 9.30. The number of hydrogen-bond acceptors (Lipinski definition) is 2. The number of para-hydroxylation sites is 1. The predicted molar refractivity (Wildman–Crippen MR) is 91.2 cm³/mol. The Morgan fingerprint density at radius 3 is 2.00 bits per heavy atom. The molecule has 0 spiro atoms. The number of hydrogen-bond donors (Lipinski definition) is 1. The van der Waals surface area contributed by atoms with Gasteiger partial charge in [-0.2, -0.15) is 0 Å². The molecule has 0 radical (unpaired) electrons. The van der Waals surface area contributed by atoms with Crippen LogP contribution >= 0.6 is 7.26 Å². The van der Waals surface area contributed by atoms with Gasteiger partial charge >= 0.3 is 5.65 Å². The van der Waals surface area contributed by atoms with Gasteiger partial charge in [-0.1, -0.05) is 18.2 Å². The molecule has 1 aromatic rings. The van der Waals surface area contributed by atoms with E-state index >= 15 is 0 Å². The van der Waals surface area contributed by atoms with Gasteiger partial charge in [0.15, 0.2) is 0 Å². The average Bonchev–Trinajstić information content (AvgIpc) is 2.35. The second-order valence-corrected chi connectivity index (χ2v) is 10.8. The van der Waals surface area contributed by atoms with E-state index in [1.807, 2.05) is 30.3 Å².